The van der Waals surface area contributed by atoms with E-state index in [0.29, 0.717) is 6.79 Å². The molecular weight excluding hydrogens is 250 g/mol. The Balaban J connectivity index is 2.02. The van der Waals surface area contributed by atoms with E-state index in [-0.39, 0.29) is 6.04 Å². The molecule has 18 heavy (non-hydrogen) atoms. The number of nitrogens with zero attached hydrogens (tertiary/aromatic N) is 1. The van der Waals surface area contributed by atoms with E-state index in [4.69, 9.17) is 9.47 Å². The van der Waals surface area contributed by atoms with Crippen LogP contribution in [0.15, 0.2) is 18.2 Å². The Bertz CT molecular complexity index is 425. The van der Waals surface area contributed by atoms with Crippen molar-refractivity contribution in [2.45, 2.75) is 26.3 Å². The lowest BCUT2D eigenvalue weighted by molar-refractivity contribution is -0.114. The molecule has 0 radical (unpaired) electrons. The van der Waals surface area contributed by atoms with Gasteiger partial charge in [-0.2, -0.15) is 0 Å². The topological polar surface area (TPSA) is 38.8 Å². The van der Waals surface area contributed by atoms with Crippen LogP contribution >= 0.6 is 11.9 Å². The maximum absolute atomic E-state index is 11.0. The summed E-state index contributed by atoms with van der Waals surface area (Å²) in [7, 11) is 0. The van der Waals surface area contributed by atoms with Crippen LogP contribution in [0.25, 0.3) is 0 Å². The van der Waals surface area contributed by atoms with Gasteiger partial charge in [-0.15, -0.1) is 0 Å². The molecule has 0 saturated heterocycles. The summed E-state index contributed by atoms with van der Waals surface area (Å²) in [6.07, 6.45) is 1.70. The van der Waals surface area contributed by atoms with Crippen molar-refractivity contribution in [3.05, 3.63) is 23.8 Å². The molecule has 0 N–H and O–H groups in total. The molecule has 0 saturated carbocycles. The van der Waals surface area contributed by atoms with E-state index in [2.05, 4.69) is 0 Å². The van der Waals surface area contributed by atoms with Gasteiger partial charge in [0, 0.05) is 11.8 Å². The molecule has 0 aromatic heterocycles. The fourth-order valence-corrected chi connectivity index (χ4v) is 2.60. The second-order valence-electron chi connectivity index (χ2n) is 4.12. The first-order valence-corrected chi connectivity index (χ1v) is 6.94. The third-order valence-corrected chi connectivity index (χ3v) is 3.79. The van der Waals surface area contributed by atoms with Gasteiger partial charge < -0.3 is 9.47 Å². The van der Waals surface area contributed by atoms with Gasteiger partial charge in [-0.1, -0.05) is 13.0 Å². The Morgan fingerprint density at radius 1 is 1.44 bits per heavy atom. The average Bonchev–Trinajstić information content (AvgIpc) is 2.83. The molecule has 5 heteroatoms. The van der Waals surface area contributed by atoms with Crippen molar-refractivity contribution < 1.29 is 14.3 Å². The maximum atomic E-state index is 11.0. The number of benzene rings is 1. The second kappa shape index (κ2) is 6.00. The Labute approximate surface area is 111 Å². The zero-order chi connectivity index (χ0) is 13.0. The van der Waals surface area contributed by atoms with Crippen LogP contribution in [0.4, 0.5) is 0 Å². The molecule has 2 rings (SSSR count). The van der Waals surface area contributed by atoms with Gasteiger partial charge in [0.1, 0.15) is 0 Å². The van der Waals surface area contributed by atoms with Gasteiger partial charge in [-0.05, 0) is 43.0 Å². The van der Waals surface area contributed by atoms with Crippen molar-refractivity contribution in [3.8, 4) is 11.5 Å². The number of carbonyl (C=O) groups is 1. The van der Waals surface area contributed by atoms with Gasteiger partial charge in [-0.25, -0.2) is 0 Å². The molecule has 0 bridgehead atoms. The molecule has 1 aromatic rings. The summed E-state index contributed by atoms with van der Waals surface area (Å²) in [5, 5.41) is 0. The minimum Gasteiger partial charge on any atom is -0.454 e. The molecule has 1 unspecified atom stereocenters. The van der Waals surface area contributed by atoms with Crippen molar-refractivity contribution in [1.82, 2.24) is 4.31 Å². The van der Waals surface area contributed by atoms with Crippen LogP contribution in [-0.2, 0) is 11.2 Å². The van der Waals surface area contributed by atoms with Crippen molar-refractivity contribution >= 4 is 18.4 Å². The van der Waals surface area contributed by atoms with Crippen LogP contribution in [0.5, 0.6) is 11.5 Å². The molecule has 1 heterocycles. The predicted octanol–water partition coefficient (Wildman–Crippen LogP) is 2.47. The van der Waals surface area contributed by atoms with Crippen LogP contribution in [-0.4, -0.2) is 29.3 Å². The van der Waals surface area contributed by atoms with E-state index >= 15 is 0 Å². The normalized spacial score (nSPS) is 14.3. The van der Waals surface area contributed by atoms with Gasteiger partial charge in [0.2, 0.25) is 13.2 Å². The summed E-state index contributed by atoms with van der Waals surface area (Å²) in [6, 6.07) is 6.08. The highest BCUT2D eigenvalue weighted by Crippen LogP contribution is 2.33. The van der Waals surface area contributed by atoms with Crippen LogP contribution in [0, 0.1) is 0 Å². The van der Waals surface area contributed by atoms with Crippen LogP contribution in [0.2, 0.25) is 0 Å². The van der Waals surface area contributed by atoms with E-state index in [9.17, 15) is 4.79 Å². The van der Waals surface area contributed by atoms with Gasteiger partial charge in [0.25, 0.3) is 0 Å². The fourth-order valence-electron chi connectivity index (χ4n) is 1.91. The summed E-state index contributed by atoms with van der Waals surface area (Å²) in [6.45, 7) is 4.37. The van der Waals surface area contributed by atoms with E-state index < -0.39 is 0 Å². The lowest BCUT2D eigenvalue weighted by Crippen LogP contribution is -2.27. The van der Waals surface area contributed by atoms with Crippen molar-refractivity contribution in [2.75, 3.05) is 12.5 Å². The molecule has 0 aliphatic carbocycles. The van der Waals surface area contributed by atoms with Gasteiger partial charge in [0.05, 0.1) is 0 Å². The fraction of sp³-hybridized carbons (Fsp3) is 0.462. The van der Waals surface area contributed by atoms with E-state index in [1.54, 1.807) is 4.31 Å². The second-order valence-corrected chi connectivity index (χ2v) is 5.38. The monoisotopic (exact) mass is 267 g/mol. The standard InChI is InChI=1S/C13H17NO3S/c1-3-18-14(8-15)10(2)6-11-4-5-12-13(7-11)17-9-16-12/h4-5,7-8,10H,3,6,9H2,1-2H3. The quantitative estimate of drug-likeness (QED) is 0.586. The zero-order valence-corrected chi connectivity index (χ0v) is 11.4. The lowest BCUT2D eigenvalue weighted by atomic mass is 10.1. The van der Waals surface area contributed by atoms with Gasteiger partial charge in [-0.3, -0.25) is 9.10 Å². The number of ether oxygens (including phenoxy) is 2. The Morgan fingerprint density at radius 3 is 2.94 bits per heavy atom. The summed E-state index contributed by atoms with van der Waals surface area (Å²) in [4.78, 5) is 11.0. The first-order valence-electron chi connectivity index (χ1n) is 5.99. The average molecular weight is 267 g/mol. The SMILES string of the molecule is CCSN(C=O)C(C)Cc1ccc2c(c1)OCO2. The maximum Gasteiger partial charge on any atom is 0.231 e. The Morgan fingerprint density at radius 2 is 2.22 bits per heavy atom. The molecule has 1 aliphatic heterocycles. The highest BCUT2D eigenvalue weighted by Gasteiger charge is 2.16. The van der Waals surface area contributed by atoms with Crippen molar-refractivity contribution in [2.24, 2.45) is 0 Å². The number of fused-ring (bicyclic) bond motifs is 1. The first-order chi connectivity index (χ1) is 8.74. The molecule has 1 aliphatic rings. The number of hydrogen-bond donors (Lipinski definition) is 0. The van der Waals surface area contributed by atoms with Crippen LogP contribution in [0.3, 0.4) is 0 Å². The highest BCUT2D eigenvalue weighted by molar-refractivity contribution is 7.97. The largest absolute Gasteiger partial charge is 0.454 e. The first kappa shape index (κ1) is 13.1. The van der Waals surface area contributed by atoms with E-state index in [1.165, 1.54) is 11.9 Å². The summed E-state index contributed by atoms with van der Waals surface area (Å²) >= 11 is 1.54. The Kier molecular flexibility index (Phi) is 4.36. The van der Waals surface area contributed by atoms with Gasteiger partial charge in [0.15, 0.2) is 11.5 Å². The van der Waals surface area contributed by atoms with Crippen LogP contribution in [0.1, 0.15) is 19.4 Å². The van der Waals surface area contributed by atoms with E-state index in [0.717, 1.165) is 35.6 Å². The molecule has 0 fully saturated rings. The smallest absolute Gasteiger partial charge is 0.231 e. The van der Waals surface area contributed by atoms with Crippen molar-refractivity contribution in [3.63, 3.8) is 0 Å². The number of amides is 1. The molecule has 98 valence electrons. The molecule has 4 nitrogen and oxygen atoms in total. The highest BCUT2D eigenvalue weighted by atomic mass is 32.2. The summed E-state index contributed by atoms with van der Waals surface area (Å²) in [5.41, 5.74) is 1.15. The summed E-state index contributed by atoms with van der Waals surface area (Å²) < 4.78 is 12.4. The third-order valence-electron chi connectivity index (χ3n) is 2.78. The predicted molar refractivity (Wildman–Crippen MR) is 71.8 cm³/mol. The van der Waals surface area contributed by atoms with Gasteiger partial charge >= 0.3 is 0 Å². The third kappa shape index (κ3) is 2.90. The summed E-state index contributed by atoms with van der Waals surface area (Å²) in [5.74, 6) is 2.48. The lowest BCUT2D eigenvalue weighted by Gasteiger charge is -2.23. The minimum atomic E-state index is 0.160. The Hall–Kier alpha value is -1.36. The number of rotatable bonds is 6. The molecule has 1 aromatic carbocycles. The molecule has 1 amide bonds. The van der Waals surface area contributed by atoms with E-state index in [1.807, 2.05) is 32.0 Å². The molecule has 0 spiro atoms. The number of carbonyl (C=O) groups excluding carboxylic acids is 1. The number of hydrogen-bond acceptors (Lipinski definition) is 4. The molecular formula is C13H17NO3S. The van der Waals surface area contributed by atoms with Crippen molar-refractivity contribution in [1.29, 1.82) is 0 Å². The minimum absolute atomic E-state index is 0.160. The zero-order valence-electron chi connectivity index (χ0n) is 10.6. The molecule has 1 atom stereocenters. The van der Waals surface area contributed by atoms with Crippen LogP contribution < -0.4 is 9.47 Å².